The van der Waals surface area contributed by atoms with E-state index in [9.17, 15) is 0 Å². The fraction of sp³-hybridized carbons (Fsp3) is 0.833. The van der Waals surface area contributed by atoms with Crippen molar-refractivity contribution in [2.24, 2.45) is 16.5 Å². The quantitative estimate of drug-likeness (QED) is 0.202. The Morgan fingerprint density at radius 1 is 1.36 bits per heavy atom. The lowest BCUT2D eigenvalue weighted by molar-refractivity contribution is -0.00250. The number of ether oxygens (including phenoxy) is 1. The summed E-state index contributed by atoms with van der Waals surface area (Å²) in [6.07, 6.45) is 1.73. The van der Waals surface area contributed by atoms with Crippen LogP contribution in [0.15, 0.2) is 4.99 Å². The summed E-state index contributed by atoms with van der Waals surface area (Å²) in [7, 11) is 0. The predicted octanol–water partition coefficient (Wildman–Crippen LogP) is -0.994. The van der Waals surface area contributed by atoms with Crippen LogP contribution in [0.3, 0.4) is 0 Å². The maximum Gasteiger partial charge on any atom is 0.185 e. The third-order valence-corrected chi connectivity index (χ3v) is 1.08. The van der Waals surface area contributed by atoms with Crippen molar-refractivity contribution < 1.29 is 9.84 Å². The second-order valence-electron chi connectivity index (χ2n) is 2.05. The molecule has 0 spiro atoms. The molecular formula is C6H15N3O2. The Morgan fingerprint density at radius 2 is 2.09 bits per heavy atom. The molecule has 0 unspecified atom stereocenters. The van der Waals surface area contributed by atoms with Gasteiger partial charge in [0.25, 0.3) is 0 Å². The molecule has 5 N–H and O–H groups in total. The molecule has 0 atom stereocenters. The van der Waals surface area contributed by atoms with Crippen molar-refractivity contribution in [3.05, 3.63) is 0 Å². The Morgan fingerprint density at radius 3 is 2.64 bits per heavy atom. The summed E-state index contributed by atoms with van der Waals surface area (Å²) in [5.41, 5.74) is 10.2. The number of hydrogen-bond donors (Lipinski definition) is 3. The van der Waals surface area contributed by atoms with Gasteiger partial charge in [0.1, 0.15) is 6.79 Å². The van der Waals surface area contributed by atoms with E-state index in [0.717, 1.165) is 12.8 Å². The van der Waals surface area contributed by atoms with Gasteiger partial charge < -0.3 is 21.3 Å². The van der Waals surface area contributed by atoms with Crippen LogP contribution in [0.25, 0.3) is 0 Å². The van der Waals surface area contributed by atoms with Crippen molar-refractivity contribution >= 4 is 5.96 Å². The number of rotatable bonds is 6. The molecule has 11 heavy (non-hydrogen) atoms. The molecule has 0 amide bonds. The van der Waals surface area contributed by atoms with E-state index >= 15 is 0 Å². The molecule has 0 rings (SSSR count). The molecule has 0 fully saturated rings. The van der Waals surface area contributed by atoms with Gasteiger partial charge in [0, 0.05) is 13.2 Å². The molecule has 0 radical (unpaired) electrons. The van der Waals surface area contributed by atoms with Crippen molar-refractivity contribution in [1.29, 1.82) is 0 Å². The maximum absolute atomic E-state index is 8.22. The van der Waals surface area contributed by atoms with Crippen LogP contribution in [0.5, 0.6) is 0 Å². The molecule has 5 nitrogen and oxygen atoms in total. The minimum atomic E-state index is -0.220. The molecule has 0 bridgehead atoms. The van der Waals surface area contributed by atoms with Gasteiger partial charge in [-0.25, -0.2) is 0 Å². The molecule has 66 valence electrons. The number of nitrogens with zero attached hydrogens (tertiary/aromatic N) is 1. The zero-order valence-electron chi connectivity index (χ0n) is 6.49. The molecule has 0 aromatic rings. The van der Waals surface area contributed by atoms with Crippen molar-refractivity contribution in [2.45, 2.75) is 12.8 Å². The fourth-order valence-corrected chi connectivity index (χ4v) is 0.589. The Balaban J connectivity index is 2.97. The van der Waals surface area contributed by atoms with Crippen molar-refractivity contribution in [3.63, 3.8) is 0 Å². The van der Waals surface area contributed by atoms with E-state index in [1.807, 2.05) is 0 Å². The van der Waals surface area contributed by atoms with Crippen molar-refractivity contribution in [1.82, 2.24) is 0 Å². The topological polar surface area (TPSA) is 93.9 Å². The van der Waals surface area contributed by atoms with Crippen LogP contribution in [0.4, 0.5) is 0 Å². The molecular weight excluding hydrogens is 146 g/mol. The zero-order valence-corrected chi connectivity index (χ0v) is 6.49. The highest BCUT2D eigenvalue weighted by Gasteiger charge is 1.87. The van der Waals surface area contributed by atoms with Gasteiger partial charge in [0.15, 0.2) is 5.96 Å². The average molecular weight is 161 g/mol. The first kappa shape index (κ1) is 10.2. The van der Waals surface area contributed by atoms with Crippen LogP contribution in [0.2, 0.25) is 0 Å². The van der Waals surface area contributed by atoms with E-state index in [1.54, 1.807) is 0 Å². The minimum absolute atomic E-state index is 0.119. The molecule has 0 aromatic carbocycles. The van der Waals surface area contributed by atoms with E-state index < -0.39 is 0 Å². The predicted molar refractivity (Wildman–Crippen MR) is 42.9 cm³/mol. The molecule has 0 aliphatic rings. The number of aliphatic hydroxyl groups is 1. The second kappa shape index (κ2) is 7.30. The Bertz CT molecular complexity index is 112. The van der Waals surface area contributed by atoms with E-state index in [1.165, 1.54) is 0 Å². The van der Waals surface area contributed by atoms with Crippen LogP contribution in [-0.2, 0) is 4.74 Å². The Kier molecular flexibility index (Phi) is 6.76. The molecule has 0 aliphatic heterocycles. The first-order chi connectivity index (χ1) is 5.27. The summed E-state index contributed by atoms with van der Waals surface area (Å²) in [6, 6.07) is 0. The van der Waals surface area contributed by atoms with Gasteiger partial charge in [0.2, 0.25) is 0 Å². The van der Waals surface area contributed by atoms with E-state index in [4.69, 9.17) is 16.6 Å². The molecule has 0 saturated heterocycles. The summed E-state index contributed by atoms with van der Waals surface area (Å²) in [5, 5.41) is 8.22. The first-order valence-electron chi connectivity index (χ1n) is 3.51. The molecule has 5 heteroatoms. The van der Waals surface area contributed by atoms with E-state index in [2.05, 4.69) is 9.73 Å². The SMILES string of the molecule is NC(N)=NCCCCOCO. The van der Waals surface area contributed by atoms with Crippen LogP contribution < -0.4 is 11.5 Å². The summed E-state index contributed by atoms with van der Waals surface area (Å²) in [5.74, 6) is 0.119. The number of guanidine groups is 1. The molecule has 0 aliphatic carbocycles. The lowest BCUT2D eigenvalue weighted by Crippen LogP contribution is -2.22. The van der Waals surface area contributed by atoms with E-state index in [-0.39, 0.29) is 12.8 Å². The molecule has 0 heterocycles. The van der Waals surface area contributed by atoms with Gasteiger partial charge in [0.05, 0.1) is 0 Å². The first-order valence-corrected chi connectivity index (χ1v) is 3.51. The van der Waals surface area contributed by atoms with Gasteiger partial charge >= 0.3 is 0 Å². The third-order valence-electron chi connectivity index (χ3n) is 1.08. The summed E-state index contributed by atoms with van der Waals surface area (Å²) >= 11 is 0. The van der Waals surface area contributed by atoms with Gasteiger partial charge in [-0.3, -0.25) is 4.99 Å². The van der Waals surface area contributed by atoms with Gasteiger partial charge in [-0.1, -0.05) is 0 Å². The Hall–Kier alpha value is -0.810. The third kappa shape index (κ3) is 9.19. The van der Waals surface area contributed by atoms with Crippen molar-refractivity contribution in [3.8, 4) is 0 Å². The van der Waals surface area contributed by atoms with Crippen molar-refractivity contribution in [2.75, 3.05) is 19.9 Å². The number of nitrogens with two attached hydrogens (primary N) is 2. The van der Waals surface area contributed by atoms with Crippen LogP contribution in [0, 0.1) is 0 Å². The monoisotopic (exact) mass is 161 g/mol. The van der Waals surface area contributed by atoms with E-state index in [0.29, 0.717) is 13.2 Å². The highest BCUT2D eigenvalue weighted by molar-refractivity contribution is 5.75. The van der Waals surface area contributed by atoms with Crippen LogP contribution in [-0.4, -0.2) is 31.0 Å². The number of hydrogen-bond acceptors (Lipinski definition) is 3. The lowest BCUT2D eigenvalue weighted by atomic mass is 10.3. The highest BCUT2D eigenvalue weighted by Crippen LogP contribution is 1.89. The standard InChI is InChI=1S/C6H15N3O2/c7-6(8)9-3-1-2-4-11-5-10/h10H,1-5H2,(H4,7,8,9). The number of aliphatic hydroxyl groups excluding tert-OH is 1. The maximum atomic E-state index is 8.22. The Labute approximate surface area is 66.0 Å². The largest absolute Gasteiger partial charge is 0.371 e. The highest BCUT2D eigenvalue weighted by atomic mass is 16.6. The van der Waals surface area contributed by atoms with Gasteiger partial charge in [-0.15, -0.1) is 0 Å². The smallest absolute Gasteiger partial charge is 0.185 e. The van der Waals surface area contributed by atoms with Gasteiger partial charge in [-0.2, -0.15) is 0 Å². The van der Waals surface area contributed by atoms with Crippen LogP contribution in [0.1, 0.15) is 12.8 Å². The lowest BCUT2D eigenvalue weighted by Gasteiger charge is -1.97. The summed E-state index contributed by atoms with van der Waals surface area (Å²) in [4.78, 5) is 3.78. The average Bonchev–Trinajstić information content (AvgIpc) is 1.96. The van der Waals surface area contributed by atoms with Gasteiger partial charge in [-0.05, 0) is 12.8 Å². The normalized spacial score (nSPS) is 9.55. The summed E-state index contributed by atoms with van der Waals surface area (Å²) < 4.78 is 4.69. The molecule has 0 saturated carbocycles. The number of unbranched alkanes of at least 4 members (excludes halogenated alkanes) is 1. The fourth-order valence-electron chi connectivity index (χ4n) is 0.589. The minimum Gasteiger partial charge on any atom is -0.371 e. The number of aliphatic imine (C=N–C) groups is 1. The molecule has 0 aromatic heterocycles. The summed E-state index contributed by atoms with van der Waals surface area (Å²) in [6.45, 7) is 0.954. The van der Waals surface area contributed by atoms with Crippen LogP contribution >= 0.6 is 0 Å². The second-order valence-corrected chi connectivity index (χ2v) is 2.05. The zero-order chi connectivity index (χ0) is 8.53.